The molecule has 0 spiro atoms. The van der Waals surface area contributed by atoms with Crippen LogP contribution in [0.2, 0.25) is 0 Å². The van der Waals surface area contributed by atoms with Crippen molar-refractivity contribution < 1.29 is 22.7 Å². The smallest absolute Gasteiger partial charge is 0.413 e. The minimum Gasteiger partial charge on any atom is -0.493 e. The molecule has 1 aliphatic heterocycles. The maximum Gasteiger partial charge on any atom is 0.413 e. The molecule has 0 aromatic heterocycles. The van der Waals surface area contributed by atoms with Gasteiger partial charge in [0.1, 0.15) is 5.75 Å². The number of benzene rings is 1. The Morgan fingerprint density at radius 1 is 1.39 bits per heavy atom. The van der Waals surface area contributed by atoms with Crippen molar-refractivity contribution in [3.8, 4) is 5.75 Å². The molecule has 1 heterocycles. The number of fused-ring (bicyclic) bond motifs is 1. The van der Waals surface area contributed by atoms with Crippen LogP contribution in [0.4, 0.5) is 13.2 Å². The molecular weight excluding hydrogens is 315 g/mol. The molecule has 18 heavy (non-hydrogen) atoms. The van der Waals surface area contributed by atoms with E-state index in [0.717, 1.165) is 27.8 Å². The van der Waals surface area contributed by atoms with E-state index >= 15 is 0 Å². The van der Waals surface area contributed by atoms with Crippen LogP contribution in [0, 0.1) is 0 Å². The average molecular weight is 326 g/mol. The van der Waals surface area contributed by atoms with Gasteiger partial charge < -0.3 is 4.74 Å². The summed E-state index contributed by atoms with van der Waals surface area (Å²) in [6.07, 6.45) is -3.52. The highest BCUT2D eigenvalue weighted by Crippen LogP contribution is 2.32. The molecule has 0 fully saturated rings. The SMILES string of the molecule is FC(F)(F)CONCc1cc(Br)cc2c1OCC2. The number of hydroxylamine groups is 1. The van der Waals surface area contributed by atoms with Crippen molar-refractivity contribution in [2.45, 2.75) is 19.1 Å². The van der Waals surface area contributed by atoms with Crippen LogP contribution in [0.15, 0.2) is 16.6 Å². The van der Waals surface area contributed by atoms with Gasteiger partial charge in [0.25, 0.3) is 0 Å². The van der Waals surface area contributed by atoms with Gasteiger partial charge in [0.2, 0.25) is 0 Å². The van der Waals surface area contributed by atoms with Crippen LogP contribution in [0.3, 0.4) is 0 Å². The molecule has 1 aromatic carbocycles. The summed E-state index contributed by atoms with van der Waals surface area (Å²) in [6.45, 7) is -0.551. The van der Waals surface area contributed by atoms with Crippen LogP contribution < -0.4 is 10.2 Å². The molecule has 0 unspecified atom stereocenters. The molecule has 0 aliphatic carbocycles. The van der Waals surface area contributed by atoms with E-state index in [9.17, 15) is 13.2 Å². The van der Waals surface area contributed by atoms with Gasteiger partial charge in [-0.3, -0.25) is 4.84 Å². The Kier molecular flexibility index (Phi) is 4.14. The van der Waals surface area contributed by atoms with Gasteiger partial charge in [-0.05, 0) is 17.7 Å². The summed E-state index contributed by atoms with van der Waals surface area (Å²) in [7, 11) is 0. The highest BCUT2D eigenvalue weighted by atomic mass is 79.9. The number of hydrogen-bond donors (Lipinski definition) is 1. The lowest BCUT2D eigenvalue weighted by atomic mass is 10.1. The fourth-order valence-electron chi connectivity index (χ4n) is 1.74. The van der Waals surface area contributed by atoms with Crippen LogP contribution in [0.25, 0.3) is 0 Å². The second kappa shape index (κ2) is 5.46. The third-order valence-electron chi connectivity index (χ3n) is 2.43. The van der Waals surface area contributed by atoms with E-state index in [1.165, 1.54) is 0 Å². The molecule has 0 amide bonds. The van der Waals surface area contributed by atoms with Crippen molar-refractivity contribution in [1.82, 2.24) is 5.48 Å². The van der Waals surface area contributed by atoms with Crippen LogP contribution in [-0.2, 0) is 17.8 Å². The number of hydrogen-bond acceptors (Lipinski definition) is 3. The molecule has 0 saturated heterocycles. The molecule has 100 valence electrons. The van der Waals surface area contributed by atoms with Gasteiger partial charge in [0.05, 0.1) is 6.61 Å². The Morgan fingerprint density at radius 3 is 2.89 bits per heavy atom. The number of alkyl halides is 3. The predicted octanol–water partition coefficient (Wildman–Crippen LogP) is 2.97. The summed E-state index contributed by atoms with van der Waals surface area (Å²) in [5.74, 6) is 0.737. The monoisotopic (exact) mass is 325 g/mol. The van der Waals surface area contributed by atoms with Gasteiger partial charge in [0, 0.05) is 23.0 Å². The Hall–Kier alpha value is -0.790. The summed E-state index contributed by atoms with van der Waals surface area (Å²) in [5.41, 5.74) is 4.12. The summed E-state index contributed by atoms with van der Waals surface area (Å²) in [4.78, 5) is 4.36. The van der Waals surface area contributed by atoms with E-state index in [0.29, 0.717) is 6.61 Å². The molecule has 1 aliphatic rings. The molecule has 0 saturated carbocycles. The number of nitrogens with one attached hydrogen (secondary N) is 1. The normalized spacial score (nSPS) is 14.4. The molecule has 0 radical (unpaired) electrons. The maximum absolute atomic E-state index is 11.9. The predicted molar refractivity (Wildman–Crippen MR) is 62.2 cm³/mol. The molecule has 0 bridgehead atoms. The fraction of sp³-hybridized carbons (Fsp3) is 0.455. The lowest BCUT2D eigenvalue weighted by Gasteiger charge is -2.11. The van der Waals surface area contributed by atoms with Gasteiger partial charge in [-0.1, -0.05) is 15.9 Å². The van der Waals surface area contributed by atoms with E-state index < -0.39 is 12.8 Å². The summed E-state index contributed by atoms with van der Waals surface area (Å²) in [6, 6.07) is 3.75. The average Bonchev–Trinajstić information content (AvgIpc) is 2.70. The summed E-state index contributed by atoms with van der Waals surface area (Å²) in [5, 5.41) is 0. The Labute approximate surface area is 110 Å². The van der Waals surface area contributed by atoms with E-state index in [-0.39, 0.29) is 6.54 Å². The van der Waals surface area contributed by atoms with Gasteiger partial charge >= 0.3 is 6.18 Å². The summed E-state index contributed by atoms with van der Waals surface area (Å²) < 4.78 is 41.9. The van der Waals surface area contributed by atoms with Gasteiger partial charge in [-0.25, -0.2) is 0 Å². The first-order valence-electron chi connectivity index (χ1n) is 5.31. The molecule has 7 heteroatoms. The van der Waals surface area contributed by atoms with Gasteiger partial charge in [-0.15, -0.1) is 0 Å². The second-order valence-electron chi connectivity index (χ2n) is 3.88. The first-order chi connectivity index (χ1) is 8.46. The van der Waals surface area contributed by atoms with E-state index in [4.69, 9.17) is 4.74 Å². The number of halogens is 4. The zero-order chi connectivity index (χ0) is 13.2. The molecule has 1 aromatic rings. The lowest BCUT2D eigenvalue weighted by Crippen LogP contribution is -2.24. The molecule has 1 N–H and O–H groups in total. The molecule has 0 atom stereocenters. The molecule has 3 nitrogen and oxygen atoms in total. The quantitative estimate of drug-likeness (QED) is 0.682. The first-order valence-corrected chi connectivity index (χ1v) is 6.10. The van der Waals surface area contributed by atoms with Crippen molar-refractivity contribution in [1.29, 1.82) is 0 Å². The van der Waals surface area contributed by atoms with Crippen molar-refractivity contribution in [2.24, 2.45) is 0 Å². The van der Waals surface area contributed by atoms with Crippen LogP contribution in [0.1, 0.15) is 11.1 Å². The summed E-state index contributed by atoms with van der Waals surface area (Å²) >= 11 is 3.35. The Balaban J connectivity index is 1.94. The van der Waals surface area contributed by atoms with Crippen LogP contribution in [0.5, 0.6) is 5.75 Å². The van der Waals surface area contributed by atoms with E-state index in [1.807, 2.05) is 6.07 Å². The minimum absolute atomic E-state index is 0.165. The maximum atomic E-state index is 11.9. The van der Waals surface area contributed by atoms with Gasteiger partial charge in [-0.2, -0.15) is 18.7 Å². The van der Waals surface area contributed by atoms with Crippen LogP contribution >= 0.6 is 15.9 Å². The third-order valence-corrected chi connectivity index (χ3v) is 2.88. The number of ether oxygens (including phenoxy) is 1. The highest BCUT2D eigenvalue weighted by Gasteiger charge is 2.27. The lowest BCUT2D eigenvalue weighted by molar-refractivity contribution is -0.190. The zero-order valence-electron chi connectivity index (χ0n) is 9.31. The van der Waals surface area contributed by atoms with E-state index in [1.54, 1.807) is 6.07 Å². The van der Waals surface area contributed by atoms with Crippen molar-refractivity contribution in [2.75, 3.05) is 13.2 Å². The third kappa shape index (κ3) is 3.60. The Bertz CT molecular complexity index is 437. The topological polar surface area (TPSA) is 30.5 Å². The van der Waals surface area contributed by atoms with Crippen LogP contribution in [-0.4, -0.2) is 19.4 Å². The molecule has 2 rings (SSSR count). The number of rotatable bonds is 4. The first kappa shape index (κ1) is 13.6. The van der Waals surface area contributed by atoms with Crippen molar-refractivity contribution >= 4 is 15.9 Å². The zero-order valence-corrected chi connectivity index (χ0v) is 10.9. The van der Waals surface area contributed by atoms with E-state index in [2.05, 4.69) is 26.2 Å². The largest absolute Gasteiger partial charge is 0.493 e. The van der Waals surface area contributed by atoms with Crippen molar-refractivity contribution in [3.05, 3.63) is 27.7 Å². The fourth-order valence-corrected chi connectivity index (χ4v) is 2.29. The minimum atomic E-state index is -4.33. The Morgan fingerprint density at radius 2 is 2.17 bits per heavy atom. The standard InChI is InChI=1S/C11H11BrF3NO2/c12-9-3-7-1-2-17-10(7)8(4-9)5-16-18-6-11(13,14)15/h3-4,16H,1-2,5-6H2. The van der Waals surface area contributed by atoms with Crippen molar-refractivity contribution in [3.63, 3.8) is 0 Å². The highest BCUT2D eigenvalue weighted by molar-refractivity contribution is 9.10. The molecular formula is C11H11BrF3NO2. The van der Waals surface area contributed by atoms with Gasteiger partial charge in [0.15, 0.2) is 6.61 Å². The second-order valence-corrected chi connectivity index (χ2v) is 4.79.